The van der Waals surface area contributed by atoms with Crippen LogP contribution in [0.15, 0.2) is 18.2 Å². The first-order valence-corrected chi connectivity index (χ1v) is 6.89. The Morgan fingerprint density at radius 1 is 1.14 bits per heavy atom. The van der Waals surface area contributed by atoms with Gasteiger partial charge in [-0.3, -0.25) is 10.3 Å². The van der Waals surface area contributed by atoms with E-state index in [-0.39, 0.29) is 5.75 Å². The summed E-state index contributed by atoms with van der Waals surface area (Å²) in [5.41, 5.74) is 2.43. The van der Waals surface area contributed by atoms with Gasteiger partial charge in [0.25, 0.3) is 0 Å². The van der Waals surface area contributed by atoms with Crippen LogP contribution in [0.2, 0.25) is 0 Å². The minimum atomic E-state index is -2.93. The normalized spacial score (nSPS) is 19.5. The van der Waals surface area contributed by atoms with Crippen LogP contribution in [0.4, 0.5) is 14.5 Å². The van der Waals surface area contributed by atoms with Crippen LogP contribution >= 0.6 is 0 Å². The maximum atomic E-state index is 12.6. The molecule has 0 aliphatic carbocycles. The summed E-state index contributed by atoms with van der Waals surface area (Å²) in [7, 11) is 0.648. The molecule has 22 heavy (non-hydrogen) atoms. The van der Waals surface area contributed by atoms with E-state index in [2.05, 4.69) is 10.2 Å². The van der Waals surface area contributed by atoms with E-state index < -0.39 is 24.9 Å². The molecular formula is C14H20BF2NO4. The van der Waals surface area contributed by atoms with Crippen molar-refractivity contribution in [2.45, 2.75) is 45.5 Å². The Labute approximate surface area is 129 Å². The van der Waals surface area contributed by atoms with Gasteiger partial charge in [-0.05, 0) is 45.9 Å². The highest BCUT2D eigenvalue weighted by atomic mass is 19.3. The predicted octanol–water partition coefficient (Wildman–Crippen LogP) is 2.56. The molecule has 1 aromatic rings. The van der Waals surface area contributed by atoms with Gasteiger partial charge in [-0.1, -0.05) is 0 Å². The van der Waals surface area contributed by atoms with Gasteiger partial charge in [0.05, 0.1) is 24.0 Å². The molecule has 1 aromatic carbocycles. The molecule has 0 aromatic heterocycles. The Kier molecular flexibility index (Phi) is 4.65. The maximum absolute atomic E-state index is 12.6. The Morgan fingerprint density at radius 3 is 2.23 bits per heavy atom. The summed E-state index contributed by atoms with van der Waals surface area (Å²) in [6.45, 7) is 4.62. The molecule has 1 heterocycles. The Balaban J connectivity index is 2.37. The van der Waals surface area contributed by atoms with E-state index in [9.17, 15) is 8.78 Å². The van der Waals surface area contributed by atoms with E-state index in [0.29, 0.717) is 11.2 Å². The van der Waals surface area contributed by atoms with Crippen LogP contribution in [0.5, 0.6) is 5.75 Å². The summed E-state index contributed by atoms with van der Waals surface area (Å²) in [6.07, 6.45) is 0. The lowest BCUT2D eigenvalue weighted by Crippen LogP contribution is -2.41. The zero-order valence-corrected chi connectivity index (χ0v) is 13.3. The first-order chi connectivity index (χ1) is 10.2. The lowest BCUT2D eigenvalue weighted by molar-refractivity contribution is -0.0492. The molecule has 0 atom stereocenters. The summed E-state index contributed by atoms with van der Waals surface area (Å²) < 4.78 is 41.5. The molecule has 0 amide bonds. The molecule has 2 rings (SSSR count). The SMILES string of the molecule is CONc1ccc(OC(F)F)c(B2OC(C)(C)C(C)(C)O2)c1. The molecule has 0 unspecified atom stereocenters. The number of benzene rings is 1. The zero-order chi connectivity index (χ0) is 16.5. The molecule has 1 N–H and O–H groups in total. The summed E-state index contributed by atoms with van der Waals surface area (Å²) >= 11 is 0. The molecule has 5 nitrogen and oxygen atoms in total. The summed E-state index contributed by atoms with van der Waals surface area (Å²) in [6, 6.07) is 4.59. The molecule has 1 saturated heterocycles. The minimum absolute atomic E-state index is 0.00940. The predicted molar refractivity (Wildman–Crippen MR) is 79.4 cm³/mol. The first-order valence-electron chi connectivity index (χ1n) is 6.89. The van der Waals surface area contributed by atoms with Crippen LogP contribution in [0.1, 0.15) is 27.7 Å². The first kappa shape index (κ1) is 17.0. The maximum Gasteiger partial charge on any atom is 0.498 e. The van der Waals surface area contributed by atoms with Gasteiger partial charge in [-0.2, -0.15) is 8.78 Å². The highest BCUT2D eigenvalue weighted by Crippen LogP contribution is 2.37. The largest absolute Gasteiger partial charge is 0.498 e. The Bertz CT molecular complexity index is 524. The highest BCUT2D eigenvalue weighted by Gasteiger charge is 2.52. The van der Waals surface area contributed by atoms with Crippen LogP contribution in [0.25, 0.3) is 0 Å². The van der Waals surface area contributed by atoms with Gasteiger partial charge in [0.15, 0.2) is 0 Å². The Hall–Kier alpha value is -1.38. The van der Waals surface area contributed by atoms with Crippen molar-refractivity contribution in [2.75, 3.05) is 12.6 Å². The summed E-state index contributed by atoms with van der Waals surface area (Å²) in [5, 5.41) is 0. The number of hydrogen-bond acceptors (Lipinski definition) is 5. The van der Waals surface area contributed by atoms with E-state index in [1.54, 1.807) is 12.1 Å². The Morgan fingerprint density at radius 2 is 1.73 bits per heavy atom. The highest BCUT2D eigenvalue weighted by molar-refractivity contribution is 6.63. The number of ether oxygens (including phenoxy) is 1. The van der Waals surface area contributed by atoms with Crippen LogP contribution in [0.3, 0.4) is 0 Å². The van der Waals surface area contributed by atoms with Gasteiger partial charge in [0.1, 0.15) is 5.75 Å². The molecule has 0 saturated carbocycles. The molecule has 0 spiro atoms. The fraction of sp³-hybridized carbons (Fsp3) is 0.571. The van der Waals surface area contributed by atoms with Gasteiger partial charge in [-0.25, -0.2) is 0 Å². The second kappa shape index (κ2) is 6.02. The smallest absolute Gasteiger partial charge is 0.435 e. The van der Waals surface area contributed by atoms with Crippen molar-refractivity contribution >= 4 is 18.3 Å². The molecule has 0 radical (unpaired) electrons. The van der Waals surface area contributed by atoms with Crippen LogP contribution < -0.4 is 15.7 Å². The van der Waals surface area contributed by atoms with Crippen molar-refractivity contribution in [3.05, 3.63) is 18.2 Å². The van der Waals surface area contributed by atoms with Crippen LogP contribution in [0, 0.1) is 0 Å². The van der Waals surface area contributed by atoms with Gasteiger partial charge in [0.2, 0.25) is 0 Å². The second-order valence-electron chi connectivity index (χ2n) is 6.03. The quantitative estimate of drug-likeness (QED) is 0.668. The topological polar surface area (TPSA) is 49.0 Å². The fourth-order valence-corrected chi connectivity index (χ4v) is 2.09. The molecular weight excluding hydrogens is 295 g/mol. The molecule has 1 fully saturated rings. The zero-order valence-electron chi connectivity index (χ0n) is 13.3. The van der Waals surface area contributed by atoms with Gasteiger partial charge in [-0.15, -0.1) is 0 Å². The lowest BCUT2D eigenvalue weighted by atomic mass is 9.78. The third-order valence-corrected chi connectivity index (χ3v) is 3.95. The molecule has 1 aliphatic heterocycles. The molecule has 122 valence electrons. The average molecular weight is 315 g/mol. The van der Waals surface area contributed by atoms with E-state index in [4.69, 9.17) is 14.1 Å². The average Bonchev–Trinajstić information content (AvgIpc) is 2.60. The van der Waals surface area contributed by atoms with E-state index >= 15 is 0 Å². The van der Waals surface area contributed by atoms with Crippen LogP contribution in [-0.4, -0.2) is 32.0 Å². The van der Waals surface area contributed by atoms with Crippen molar-refractivity contribution in [3.8, 4) is 5.75 Å². The second-order valence-corrected chi connectivity index (χ2v) is 6.03. The summed E-state index contributed by atoms with van der Waals surface area (Å²) in [4.78, 5) is 4.83. The fourth-order valence-electron chi connectivity index (χ4n) is 2.09. The third-order valence-electron chi connectivity index (χ3n) is 3.95. The third kappa shape index (κ3) is 3.34. The minimum Gasteiger partial charge on any atom is -0.435 e. The van der Waals surface area contributed by atoms with E-state index in [1.807, 2.05) is 27.7 Å². The monoisotopic (exact) mass is 315 g/mol. The van der Waals surface area contributed by atoms with Gasteiger partial charge < -0.3 is 14.0 Å². The number of alkyl halides is 2. The van der Waals surface area contributed by atoms with Crippen molar-refractivity contribution < 1.29 is 27.7 Å². The number of halogens is 2. The lowest BCUT2D eigenvalue weighted by Gasteiger charge is -2.32. The van der Waals surface area contributed by atoms with Crippen molar-refractivity contribution in [1.29, 1.82) is 0 Å². The van der Waals surface area contributed by atoms with E-state index in [1.165, 1.54) is 13.2 Å². The van der Waals surface area contributed by atoms with Crippen molar-refractivity contribution in [2.24, 2.45) is 0 Å². The van der Waals surface area contributed by atoms with Crippen molar-refractivity contribution in [3.63, 3.8) is 0 Å². The number of nitrogens with one attached hydrogen (secondary N) is 1. The summed E-state index contributed by atoms with van der Waals surface area (Å²) in [5.74, 6) is 0.00940. The van der Waals surface area contributed by atoms with E-state index in [0.717, 1.165) is 0 Å². The van der Waals surface area contributed by atoms with Gasteiger partial charge in [0, 0.05) is 5.46 Å². The number of hydrogen-bond donors (Lipinski definition) is 1. The molecule has 1 aliphatic rings. The number of rotatable bonds is 5. The molecule has 0 bridgehead atoms. The molecule has 8 heteroatoms. The van der Waals surface area contributed by atoms with Gasteiger partial charge >= 0.3 is 13.7 Å². The standard InChI is InChI=1S/C14H20BF2NO4/c1-13(2)14(3,4)22-15(21-13)10-8-9(18-19-5)6-7-11(10)20-12(16)17/h6-8,12,18H,1-5H3. The number of anilines is 1. The van der Waals surface area contributed by atoms with Crippen LogP contribution in [-0.2, 0) is 14.1 Å². The van der Waals surface area contributed by atoms with Crippen molar-refractivity contribution in [1.82, 2.24) is 0 Å².